The van der Waals surface area contributed by atoms with E-state index in [9.17, 15) is 9.59 Å². The van der Waals surface area contributed by atoms with Gasteiger partial charge < -0.3 is 10.1 Å². The number of nitrogens with one attached hydrogen (secondary N) is 1. The lowest BCUT2D eigenvalue weighted by Gasteiger charge is -2.09. The molecule has 4 nitrogen and oxygen atoms in total. The number of hydrogen-bond donors (Lipinski definition) is 1. The van der Waals surface area contributed by atoms with Gasteiger partial charge in [0.1, 0.15) is 0 Å². The number of carbonyl (C=O) groups is 2. The molecule has 0 aliphatic heterocycles. The highest BCUT2D eigenvalue weighted by atomic mass is 35.5. The van der Waals surface area contributed by atoms with E-state index in [2.05, 4.69) is 5.32 Å². The molecule has 0 heterocycles. The number of ether oxygens (including phenoxy) is 1. The Morgan fingerprint density at radius 3 is 2.44 bits per heavy atom. The molecule has 0 bridgehead atoms. The van der Waals surface area contributed by atoms with Gasteiger partial charge in [0, 0.05) is 27.4 Å². The number of amides is 1. The number of carbonyl (C=O) groups excluding carboxylic acids is 2. The van der Waals surface area contributed by atoms with Gasteiger partial charge in [-0.15, -0.1) is 0 Å². The van der Waals surface area contributed by atoms with Gasteiger partial charge in [0.25, 0.3) is 5.91 Å². The maximum absolute atomic E-state index is 11.9. The first kappa shape index (κ1) is 19.0. The fraction of sp³-hybridized carbons (Fsp3) is 0.158. The van der Waals surface area contributed by atoms with Gasteiger partial charge in [-0.3, -0.25) is 4.79 Å². The molecule has 25 heavy (non-hydrogen) atoms. The van der Waals surface area contributed by atoms with E-state index in [1.807, 2.05) is 25.1 Å². The predicted octanol–water partition coefficient (Wildman–Crippen LogP) is 4.75. The van der Waals surface area contributed by atoms with E-state index < -0.39 is 11.9 Å². The Morgan fingerprint density at radius 2 is 1.76 bits per heavy atom. The molecule has 130 valence electrons. The van der Waals surface area contributed by atoms with E-state index in [-0.39, 0.29) is 6.61 Å². The average molecular weight is 378 g/mol. The van der Waals surface area contributed by atoms with E-state index in [0.717, 1.165) is 12.0 Å². The fourth-order valence-electron chi connectivity index (χ4n) is 2.14. The van der Waals surface area contributed by atoms with E-state index in [1.54, 1.807) is 24.3 Å². The Kier molecular flexibility index (Phi) is 7.04. The number of aryl methyl sites for hydroxylation is 1. The monoisotopic (exact) mass is 377 g/mol. The van der Waals surface area contributed by atoms with Crippen LogP contribution < -0.4 is 5.32 Å². The third kappa shape index (κ3) is 5.62. The SMILES string of the molecule is CCc1ccccc1NC(=O)COC(=O)/C=C/c1c(Cl)cccc1Cl. The van der Waals surface area contributed by atoms with Gasteiger partial charge in [-0.1, -0.05) is 54.4 Å². The van der Waals surface area contributed by atoms with Crippen LogP contribution in [0.25, 0.3) is 6.08 Å². The van der Waals surface area contributed by atoms with Crippen LogP contribution in [0.3, 0.4) is 0 Å². The quantitative estimate of drug-likeness (QED) is 0.583. The molecule has 1 amide bonds. The zero-order valence-corrected chi connectivity index (χ0v) is 15.1. The number of esters is 1. The number of halogens is 2. The second-order valence-electron chi connectivity index (χ2n) is 5.14. The maximum atomic E-state index is 11.9. The zero-order valence-electron chi connectivity index (χ0n) is 13.6. The molecule has 0 aliphatic rings. The molecule has 0 saturated carbocycles. The first-order chi connectivity index (χ1) is 12.0. The van der Waals surface area contributed by atoms with Gasteiger partial charge in [0.05, 0.1) is 0 Å². The van der Waals surface area contributed by atoms with Crippen LogP contribution >= 0.6 is 23.2 Å². The minimum atomic E-state index is -0.657. The average Bonchev–Trinajstić information content (AvgIpc) is 2.60. The molecule has 2 aromatic carbocycles. The van der Waals surface area contributed by atoms with Crippen LogP contribution in [-0.2, 0) is 20.7 Å². The van der Waals surface area contributed by atoms with Crippen LogP contribution in [0.15, 0.2) is 48.5 Å². The number of benzene rings is 2. The molecule has 0 fully saturated rings. The van der Waals surface area contributed by atoms with Crippen molar-refractivity contribution in [3.05, 3.63) is 69.7 Å². The summed E-state index contributed by atoms with van der Waals surface area (Å²) in [6, 6.07) is 12.5. The second kappa shape index (κ2) is 9.25. The molecule has 0 saturated heterocycles. The van der Waals surface area contributed by atoms with E-state index in [0.29, 0.717) is 21.3 Å². The van der Waals surface area contributed by atoms with Crippen LogP contribution in [0, 0.1) is 0 Å². The summed E-state index contributed by atoms with van der Waals surface area (Å²) in [4.78, 5) is 23.7. The number of anilines is 1. The summed E-state index contributed by atoms with van der Waals surface area (Å²) in [5.41, 5.74) is 2.24. The Bertz CT molecular complexity index is 783. The van der Waals surface area contributed by atoms with Crippen LogP contribution in [0.1, 0.15) is 18.1 Å². The van der Waals surface area contributed by atoms with Gasteiger partial charge in [-0.05, 0) is 36.3 Å². The molecule has 0 aromatic heterocycles. The first-order valence-electron chi connectivity index (χ1n) is 7.68. The largest absolute Gasteiger partial charge is 0.452 e. The molecule has 2 aromatic rings. The van der Waals surface area contributed by atoms with Crippen molar-refractivity contribution in [2.24, 2.45) is 0 Å². The zero-order chi connectivity index (χ0) is 18.2. The molecular formula is C19H17Cl2NO3. The van der Waals surface area contributed by atoms with E-state index >= 15 is 0 Å². The summed E-state index contributed by atoms with van der Waals surface area (Å²) >= 11 is 12.0. The van der Waals surface area contributed by atoms with Crippen molar-refractivity contribution in [2.45, 2.75) is 13.3 Å². The smallest absolute Gasteiger partial charge is 0.331 e. The van der Waals surface area contributed by atoms with E-state index in [4.69, 9.17) is 27.9 Å². The van der Waals surface area contributed by atoms with Gasteiger partial charge in [0.2, 0.25) is 0 Å². The normalized spacial score (nSPS) is 10.7. The van der Waals surface area contributed by atoms with Crippen LogP contribution in [0.4, 0.5) is 5.69 Å². The summed E-state index contributed by atoms with van der Waals surface area (Å²) in [5.74, 6) is -1.06. The highest BCUT2D eigenvalue weighted by Gasteiger charge is 2.08. The fourth-order valence-corrected chi connectivity index (χ4v) is 2.67. The molecule has 0 aliphatic carbocycles. The predicted molar refractivity (Wildman–Crippen MR) is 101 cm³/mol. The van der Waals surface area contributed by atoms with Crippen molar-refractivity contribution in [1.82, 2.24) is 0 Å². The van der Waals surface area contributed by atoms with Crippen molar-refractivity contribution in [3.63, 3.8) is 0 Å². The summed E-state index contributed by atoms with van der Waals surface area (Å²) < 4.78 is 4.93. The minimum Gasteiger partial charge on any atom is -0.452 e. The molecule has 6 heteroatoms. The Labute approximate surface area is 156 Å². The van der Waals surface area contributed by atoms with Crippen molar-refractivity contribution in [1.29, 1.82) is 0 Å². The van der Waals surface area contributed by atoms with Crippen LogP contribution in [0.2, 0.25) is 10.0 Å². The van der Waals surface area contributed by atoms with Gasteiger partial charge in [0.15, 0.2) is 6.61 Å². The van der Waals surface area contributed by atoms with Gasteiger partial charge in [-0.2, -0.15) is 0 Å². The summed E-state index contributed by atoms with van der Waals surface area (Å²) in [5, 5.41) is 3.57. The van der Waals surface area contributed by atoms with Crippen molar-refractivity contribution >= 4 is 46.8 Å². The van der Waals surface area contributed by atoms with Crippen LogP contribution in [0.5, 0.6) is 0 Å². The van der Waals surface area contributed by atoms with Crippen molar-refractivity contribution in [2.75, 3.05) is 11.9 Å². The van der Waals surface area contributed by atoms with Crippen LogP contribution in [-0.4, -0.2) is 18.5 Å². The van der Waals surface area contributed by atoms with Crippen molar-refractivity contribution in [3.8, 4) is 0 Å². The summed E-state index contributed by atoms with van der Waals surface area (Å²) in [6.45, 7) is 1.62. The molecule has 2 rings (SSSR count). The Balaban J connectivity index is 1.89. The van der Waals surface area contributed by atoms with Gasteiger partial charge >= 0.3 is 5.97 Å². The molecule has 0 unspecified atom stereocenters. The lowest BCUT2D eigenvalue weighted by molar-refractivity contribution is -0.142. The standard InChI is InChI=1S/C19H17Cl2NO3/c1-2-13-6-3-4-9-17(13)22-18(23)12-25-19(24)11-10-14-15(20)7-5-8-16(14)21/h3-11H,2,12H2,1H3,(H,22,23)/b11-10+. The van der Waals surface area contributed by atoms with Crippen molar-refractivity contribution < 1.29 is 14.3 Å². The number of para-hydroxylation sites is 1. The first-order valence-corrected chi connectivity index (χ1v) is 8.43. The topological polar surface area (TPSA) is 55.4 Å². The molecule has 0 radical (unpaired) electrons. The second-order valence-corrected chi connectivity index (χ2v) is 5.95. The third-order valence-corrected chi connectivity index (χ3v) is 4.06. The molecule has 0 spiro atoms. The number of hydrogen-bond acceptors (Lipinski definition) is 3. The van der Waals surface area contributed by atoms with Gasteiger partial charge in [-0.25, -0.2) is 4.79 Å². The molecular weight excluding hydrogens is 361 g/mol. The Morgan fingerprint density at radius 1 is 1.08 bits per heavy atom. The Hall–Kier alpha value is -2.30. The molecule has 1 N–H and O–H groups in total. The highest BCUT2D eigenvalue weighted by Crippen LogP contribution is 2.25. The lowest BCUT2D eigenvalue weighted by atomic mass is 10.1. The third-order valence-electron chi connectivity index (χ3n) is 3.40. The minimum absolute atomic E-state index is 0.378. The number of rotatable bonds is 6. The summed E-state index contributed by atoms with van der Waals surface area (Å²) in [6.07, 6.45) is 3.43. The highest BCUT2D eigenvalue weighted by molar-refractivity contribution is 6.37. The van der Waals surface area contributed by atoms with E-state index in [1.165, 1.54) is 12.2 Å². The lowest BCUT2D eigenvalue weighted by Crippen LogP contribution is -2.20. The molecule has 0 atom stereocenters. The summed E-state index contributed by atoms with van der Waals surface area (Å²) in [7, 11) is 0. The maximum Gasteiger partial charge on any atom is 0.331 e.